The van der Waals surface area contributed by atoms with Crippen molar-refractivity contribution < 1.29 is 9.59 Å². The van der Waals surface area contributed by atoms with Gasteiger partial charge < -0.3 is 16.0 Å². The Labute approximate surface area is 189 Å². The van der Waals surface area contributed by atoms with Crippen LogP contribution in [0.5, 0.6) is 0 Å². The number of anilines is 2. The molecule has 1 aromatic carbocycles. The molecular formula is C23H24N4O2S2. The van der Waals surface area contributed by atoms with E-state index >= 15 is 0 Å². The minimum atomic E-state index is -0.260. The molecule has 2 aromatic heterocycles. The summed E-state index contributed by atoms with van der Waals surface area (Å²) in [5.41, 5.74) is 6.75. The van der Waals surface area contributed by atoms with Gasteiger partial charge in [0.2, 0.25) is 5.91 Å². The van der Waals surface area contributed by atoms with Crippen LogP contribution < -0.4 is 16.0 Å². The highest BCUT2D eigenvalue weighted by Gasteiger charge is 2.24. The number of aromatic nitrogens is 1. The molecule has 1 atom stereocenters. The number of benzene rings is 1. The zero-order valence-electron chi connectivity index (χ0n) is 17.0. The van der Waals surface area contributed by atoms with Gasteiger partial charge in [-0.25, -0.2) is 4.98 Å². The lowest BCUT2D eigenvalue weighted by atomic mass is 9.97. The summed E-state index contributed by atoms with van der Waals surface area (Å²) in [5, 5.41) is 5.00. The second-order valence-electron chi connectivity index (χ2n) is 7.41. The number of carbonyl (C=O) groups is 2. The van der Waals surface area contributed by atoms with Gasteiger partial charge in [-0.05, 0) is 48.6 Å². The molecule has 6 nitrogen and oxygen atoms in total. The first-order chi connectivity index (χ1) is 15.1. The molecule has 1 unspecified atom stereocenters. The van der Waals surface area contributed by atoms with Crippen LogP contribution in [0.15, 0.2) is 65.0 Å². The van der Waals surface area contributed by atoms with Crippen molar-refractivity contribution in [1.29, 1.82) is 0 Å². The second-order valence-corrected chi connectivity index (χ2v) is 9.46. The number of piperidine rings is 1. The van der Waals surface area contributed by atoms with E-state index in [1.807, 2.05) is 42.5 Å². The van der Waals surface area contributed by atoms with Crippen LogP contribution >= 0.6 is 23.1 Å². The molecule has 0 spiro atoms. The maximum atomic E-state index is 12.9. The van der Waals surface area contributed by atoms with Crippen molar-refractivity contribution in [2.75, 3.05) is 23.3 Å². The summed E-state index contributed by atoms with van der Waals surface area (Å²) >= 11 is 3.37. The van der Waals surface area contributed by atoms with Gasteiger partial charge in [0.25, 0.3) is 5.91 Å². The Hall–Kier alpha value is -2.84. The lowest BCUT2D eigenvalue weighted by Gasteiger charge is -2.32. The third-order valence-electron chi connectivity index (χ3n) is 5.24. The van der Waals surface area contributed by atoms with Crippen LogP contribution in [0.4, 0.5) is 11.5 Å². The minimum absolute atomic E-state index is 0.141. The Morgan fingerprint density at radius 3 is 2.81 bits per heavy atom. The normalized spacial score (nSPS) is 16.1. The van der Waals surface area contributed by atoms with E-state index < -0.39 is 0 Å². The molecule has 8 heteroatoms. The highest BCUT2D eigenvalue weighted by atomic mass is 32.2. The van der Waals surface area contributed by atoms with Crippen molar-refractivity contribution in [2.24, 2.45) is 11.7 Å². The number of carbonyl (C=O) groups excluding carboxylic acids is 2. The molecule has 3 N–H and O–H groups in total. The number of nitrogens with one attached hydrogen (secondary N) is 1. The van der Waals surface area contributed by atoms with Gasteiger partial charge in [0.15, 0.2) is 0 Å². The number of primary amides is 1. The molecule has 3 heterocycles. The molecule has 0 radical (unpaired) electrons. The molecule has 0 bridgehead atoms. The molecule has 1 aliphatic rings. The van der Waals surface area contributed by atoms with Gasteiger partial charge in [0.1, 0.15) is 5.82 Å². The zero-order chi connectivity index (χ0) is 21.6. The quantitative estimate of drug-likeness (QED) is 0.519. The van der Waals surface area contributed by atoms with E-state index in [9.17, 15) is 9.59 Å². The van der Waals surface area contributed by atoms with Crippen LogP contribution in [-0.4, -0.2) is 29.9 Å². The van der Waals surface area contributed by atoms with Crippen LogP contribution in [0.25, 0.3) is 0 Å². The lowest BCUT2D eigenvalue weighted by molar-refractivity contribution is -0.122. The molecule has 0 aliphatic carbocycles. The first-order valence-corrected chi connectivity index (χ1v) is 12.0. The zero-order valence-corrected chi connectivity index (χ0v) is 18.6. The maximum absolute atomic E-state index is 12.9. The van der Waals surface area contributed by atoms with Crippen LogP contribution in [0.1, 0.15) is 28.1 Å². The molecule has 2 amide bonds. The standard InChI is InChI=1S/C23H24N4O2S2/c24-22(28)16-5-3-11-27(14-16)21-10-9-17(13-25-21)26-23(29)19-7-1-2-8-20(19)31-15-18-6-4-12-30-18/h1-2,4,6-10,12-13,16H,3,5,11,14-15H2,(H2,24,28)(H,26,29). The largest absolute Gasteiger partial charge is 0.369 e. The number of thioether (sulfide) groups is 1. The smallest absolute Gasteiger partial charge is 0.256 e. The summed E-state index contributed by atoms with van der Waals surface area (Å²) in [4.78, 5) is 33.2. The van der Waals surface area contributed by atoms with Gasteiger partial charge in [-0.2, -0.15) is 0 Å². The van der Waals surface area contributed by atoms with E-state index in [1.54, 1.807) is 29.3 Å². The summed E-state index contributed by atoms with van der Waals surface area (Å²) in [6.07, 6.45) is 3.39. The molecular weight excluding hydrogens is 428 g/mol. The Morgan fingerprint density at radius 1 is 1.19 bits per heavy atom. The van der Waals surface area contributed by atoms with E-state index in [-0.39, 0.29) is 17.7 Å². The van der Waals surface area contributed by atoms with E-state index in [0.717, 1.165) is 35.9 Å². The molecule has 1 fully saturated rings. The Morgan fingerprint density at radius 2 is 2.06 bits per heavy atom. The summed E-state index contributed by atoms with van der Waals surface area (Å²) in [6, 6.07) is 15.5. The first kappa shape index (κ1) is 21.4. The average molecular weight is 453 g/mol. The van der Waals surface area contributed by atoms with Crippen molar-refractivity contribution in [3.63, 3.8) is 0 Å². The first-order valence-electron chi connectivity index (χ1n) is 10.2. The van der Waals surface area contributed by atoms with Crippen molar-refractivity contribution >= 4 is 46.4 Å². The van der Waals surface area contributed by atoms with E-state index in [2.05, 4.69) is 26.6 Å². The Bertz CT molecular complexity index is 1040. The number of thiophene rings is 1. The van der Waals surface area contributed by atoms with Crippen LogP contribution in [0.3, 0.4) is 0 Å². The van der Waals surface area contributed by atoms with Gasteiger partial charge in [-0.3, -0.25) is 9.59 Å². The third kappa shape index (κ3) is 5.45. The predicted molar refractivity (Wildman–Crippen MR) is 127 cm³/mol. The molecule has 1 aliphatic heterocycles. The SMILES string of the molecule is NC(=O)C1CCCN(c2ccc(NC(=O)c3ccccc3SCc3cccs3)cn2)C1. The molecule has 0 saturated carbocycles. The number of nitrogens with two attached hydrogens (primary N) is 1. The number of rotatable bonds is 7. The van der Waals surface area contributed by atoms with Gasteiger partial charge in [0.05, 0.1) is 23.4 Å². The summed E-state index contributed by atoms with van der Waals surface area (Å²) < 4.78 is 0. The number of nitrogens with zero attached hydrogens (tertiary/aromatic N) is 2. The van der Waals surface area contributed by atoms with Gasteiger partial charge in [-0.15, -0.1) is 23.1 Å². The fourth-order valence-corrected chi connectivity index (χ4v) is 5.41. The monoisotopic (exact) mass is 452 g/mol. The third-order valence-corrected chi connectivity index (χ3v) is 7.42. The maximum Gasteiger partial charge on any atom is 0.256 e. The summed E-state index contributed by atoms with van der Waals surface area (Å²) in [5.74, 6) is 1.06. The molecule has 31 heavy (non-hydrogen) atoms. The fourth-order valence-electron chi connectivity index (χ4n) is 3.59. The molecule has 160 valence electrons. The van der Waals surface area contributed by atoms with E-state index in [0.29, 0.717) is 17.8 Å². The summed E-state index contributed by atoms with van der Waals surface area (Å²) in [7, 11) is 0. The summed E-state index contributed by atoms with van der Waals surface area (Å²) in [6.45, 7) is 1.43. The van der Waals surface area contributed by atoms with Crippen LogP contribution in [0, 0.1) is 5.92 Å². The fraction of sp³-hybridized carbons (Fsp3) is 0.261. The van der Waals surface area contributed by atoms with E-state index in [4.69, 9.17) is 5.73 Å². The van der Waals surface area contributed by atoms with Crippen LogP contribution in [-0.2, 0) is 10.5 Å². The van der Waals surface area contributed by atoms with Crippen LogP contribution in [0.2, 0.25) is 0 Å². The second kappa shape index (κ2) is 9.98. The Kier molecular flexibility index (Phi) is 6.89. The van der Waals surface area contributed by atoms with E-state index in [1.165, 1.54) is 4.88 Å². The molecule has 3 aromatic rings. The highest BCUT2D eigenvalue weighted by Crippen LogP contribution is 2.29. The van der Waals surface area contributed by atoms with Crippen molar-refractivity contribution in [3.8, 4) is 0 Å². The molecule has 4 rings (SSSR count). The lowest BCUT2D eigenvalue weighted by Crippen LogP contribution is -2.41. The van der Waals surface area contributed by atoms with Gasteiger partial charge in [0, 0.05) is 28.6 Å². The number of amides is 2. The minimum Gasteiger partial charge on any atom is -0.369 e. The molecule has 1 saturated heterocycles. The van der Waals surface area contributed by atoms with Gasteiger partial charge in [-0.1, -0.05) is 18.2 Å². The number of pyridine rings is 1. The highest BCUT2D eigenvalue weighted by molar-refractivity contribution is 7.98. The average Bonchev–Trinajstić information content (AvgIpc) is 3.32. The van der Waals surface area contributed by atoms with Crippen molar-refractivity contribution in [1.82, 2.24) is 4.98 Å². The topological polar surface area (TPSA) is 88.3 Å². The number of hydrogen-bond donors (Lipinski definition) is 2. The van der Waals surface area contributed by atoms with Crippen molar-refractivity contribution in [2.45, 2.75) is 23.5 Å². The van der Waals surface area contributed by atoms with Gasteiger partial charge >= 0.3 is 0 Å². The Balaban J connectivity index is 1.40. The van der Waals surface area contributed by atoms with Crippen molar-refractivity contribution in [3.05, 3.63) is 70.5 Å². The number of hydrogen-bond acceptors (Lipinski definition) is 6. The predicted octanol–water partition coefficient (Wildman–Crippen LogP) is 4.39.